The predicted molar refractivity (Wildman–Crippen MR) is 105 cm³/mol. The number of aliphatic carboxylic acids is 1. The zero-order chi connectivity index (χ0) is 20.5. The number of hydrogen-bond donors (Lipinski definition) is 2. The van der Waals surface area contributed by atoms with Crippen LogP contribution in [0.3, 0.4) is 0 Å². The van der Waals surface area contributed by atoms with E-state index in [1.165, 1.54) is 0 Å². The van der Waals surface area contributed by atoms with E-state index in [0.29, 0.717) is 19.3 Å². The molecule has 2 aliphatic heterocycles. The molecule has 1 fully saturated rings. The second-order valence-electron chi connectivity index (χ2n) is 7.33. The van der Waals surface area contributed by atoms with Gasteiger partial charge in [-0.25, -0.2) is 0 Å². The van der Waals surface area contributed by atoms with Crippen LogP contribution in [0.2, 0.25) is 0 Å². The summed E-state index contributed by atoms with van der Waals surface area (Å²) in [4.78, 5) is 37.5. The third-order valence-corrected chi connectivity index (χ3v) is 5.65. The maximum absolute atomic E-state index is 12.6. The molecule has 2 heterocycles. The van der Waals surface area contributed by atoms with Crippen LogP contribution in [0.1, 0.15) is 30.0 Å². The van der Waals surface area contributed by atoms with E-state index >= 15 is 0 Å². The first-order valence-electron chi connectivity index (χ1n) is 9.56. The first-order chi connectivity index (χ1) is 14.0. The van der Waals surface area contributed by atoms with Gasteiger partial charge in [0, 0.05) is 12.8 Å². The predicted octanol–water partition coefficient (Wildman–Crippen LogP) is 2.15. The zero-order valence-corrected chi connectivity index (χ0v) is 16.1. The molecule has 0 aromatic heterocycles. The van der Waals surface area contributed by atoms with Crippen LogP contribution in [0.5, 0.6) is 5.75 Å². The van der Waals surface area contributed by atoms with Crippen molar-refractivity contribution < 1.29 is 24.2 Å². The maximum atomic E-state index is 12.6. The lowest BCUT2D eigenvalue weighted by Crippen LogP contribution is -2.52. The van der Waals surface area contributed by atoms with Crippen molar-refractivity contribution in [1.29, 1.82) is 0 Å². The summed E-state index contributed by atoms with van der Waals surface area (Å²) < 4.78 is 5.21. The molecule has 7 nitrogen and oxygen atoms in total. The van der Waals surface area contributed by atoms with Crippen molar-refractivity contribution in [2.75, 3.05) is 13.7 Å². The van der Waals surface area contributed by atoms with Gasteiger partial charge in [-0.2, -0.15) is 0 Å². The third kappa shape index (κ3) is 3.55. The Kier molecular flexibility index (Phi) is 4.96. The summed E-state index contributed by atoms with van der Waals surface area (Å²) in [7, 11) is 1.62. The van der Waals surface area contributed by atoms with E-state index in [1.807, 2.05) is 36.4 Å². The molecule has 2 N–H and O–H groups in total. The van der Waals surface area contributed by atoms with Crippen LogP contribution in [0, 0.1) is 0 Å². The molecule has 0 aliphatic carbocycles. The molecule has 150 valence electrons. The number of nitrogens with one attached hydrogen (secondary N) is 1. The molecular weight excluding hydrogens is 372 g/mol. The minimum absolute atomic E-state index is 0.0599. The van der Waals surface area contributed by atoms with Gasteiger partial charge in [-0.1, -0.05) is 30.3 Å². The van der Waals surface area contributed by atoms with Crippen LogP contribution in [-0.4, -0.2) is 47.5 Å². The Hall–Kier alpha value is -3.35. The summed E-state index contributed by atoms with van der Waals surface area (Å²) in [5, 5.41) is 11.3. The highest BCUT2D eigenvalue weighted by molar-refractivity contribution is 5.91. The summed E-state index contributed by atoms with van der Waals surface area (Å²) in [6, 6.07) is 13.1. The standard InChI is InChI=1S/C22H22N2O5/c1-29-16-5-2-13(3-6-16)14-4-7-17-15(10-14)11-19(22(28)23-12-21(26)27)24-18(17)8-9-20(24)25/h2-7,10,18-19H,8-9,11-12H2,1H3,(H,23,28)(H,26,27)/t18-,19+/m1/s1. The molecule has 0 unspecified atom stereocenters. The third-order valence-electron chi connectivity index (χ3n) is 5.65. The highest BCUT2D eigenvalue weighted by Gasteiger charge is 2.44. The number of carboxylic acid groups (broad SMARTS) is 1. The minimum atomic E-state index is -1.11. The van der Waals surface area contributed by atoms with Gasteiger partial charge in [0.05, 0.1) is 13.2 Å². The van der Waals surface area contributed by atoms with Crippen molar-refractivity contribution in [1.82, 2.24) is 10.2 Å². The lowest BCUT2D eigenvalue weighted by Gasteiger charge is -2.38. The van der Waals surface area contributed by atoms with Gasteiger partial charge < -0.3 is 20.1 Å². The second kappa shape index (κ2) is 7.58. The number of amides is 2. The quantitative estimate of drug-likeness (QED) is 0.810. The number of nitrogens with zero attached hydrogens (tertiary/aromatic N) is 1. The van der Waals surface area contributed by atoms with E-state index in [4.69, 9.17) is 9.84 Å². The Morgan fingerprint density at radius 1 is 1.17 bits per heavy atom. The number of hydrogen-bond acceptors (Lipinski definition) is 4. The van der Waals surface area contributed by atoms with Gasteiger partial charge in [-0.15, -0.1) is 0 Å². The fourth-order valence-corrected chi connectivity index (χ4v) is 4.28. The number of carboxylic acids is 1. The average Bonchev–Trinajstić information content (AvgIpc) is 3.13. The lowest BCUT2D eigenvalue weighted by molar-refractivity contribution is -0.142. The molecule has 2 aromatic rings. The number of carbonyl (C=O) groups is 3. The minimum Gasteiger partial charge on any atom is -0.497 e. The Morgan fingerprint density at radius 2 is 1.90 bits per heavy atom. The number of fused-ring (bicyclic) bond motifs is 3. The van der Waals surface area contributed by atoms with Crippen molar-refractivity contribution >= 4 is 17.8 Å². The lowest BCUT2D eigenvalue weighted by atomic mass is 9.86. The molecule has 1 saturated heterocycles. The van der Waals surface area contributed by atoms with Crippen LogP contribution in [0.4, 0.5) is 0 Å². The smallest absolute Gasteiger partial charge is 0.322 e. The van der Waals surface area contributed by atoms with Gasteiger partial charge in [-0.3, -0.25) is 14.4 Å². The largest absolute Gasteiger partial charge is 0.497 e. The van der Waals surface area contributed by atoms with E-state index in [2.05, 4.69) is 11.4 Å². The van der Waals surface area contributed by atoms with Crippen LogP contribution in [0.15, 0.2) is 42.5 Å². The summed E-state index contributed by atoms with van der Waals surface area (Å²) in [6.45, 7) is -0.458. The number of ether oxygens (including phenoxy) is 1. The first-order valence-corrected chi connectivity index (χ1v) is 9.56. The van der Waals surface area contributed by atoms with Crippen molar-refractivity contribution in [2.45, 2.75) is 31.3 Å². The SMILES string of the molecule is COc1ccc(-c2ccc3c(c2)C[C@@H](C(=O)NCC(=O)O)N2C(=O)CC[C@H]32)cc1. The molecule has 2 amide bonds. The highest BCUT2D eigenvalue weighted by Crippen LogP contribution is 2.42. The molecule has 2 aromatic carbocycles. The number of methoxy groups -OCH3 is 1. The molecule has 2 aliphatic rings. The molecular formula is C22H22N2O5. The average molecular weight is 394 g/mol. The monoisotopic (exact) mass is 394 g/mol. The Morgan fingerprint density at radius 3 is 2.59 bits per heavy atom. The molecule has 4 rings (SSSR count). The van der Waals surface area contributed by atoms with Crippen molar-refractivity contribution in [2.24, 2.45) is 0 Å². The molecule has 29 heavy (non-hydrogen) atoms. The first kappa shape index (κ1) is 19.0. The highest BCUT2D eigenvalue weighted by atomic mass is 16.5. The molecule has 2 atom stereocenters. The van der Waals surface area contributed by atoms with Gasteiger partial charge in [-0.05, 0) is 40.8 Å². The molecule has 0 bridgehead atoms. The van der Waals surface area contributed by atoms with E-state index in [1.54, 1.807) is 12.0 Å². The topological polar surface area (TPSA) is 95.9 Å². The van der Waals surface area contributed by atoms with E-state index in [0.717, 1.165) is 28.0 Å². The zero-order valence-electron chi connectivity index (χ0n) is 16.1. The van der Waals surface area contributed by atoms with Gasteiger partial charge in [0.25, 0.3) is 0 Å². The van der Waals surface area contributed by atoms with Gasteiger partial charge in [0.1, 0.15) is 18.3 Å². The Labute approximate surface area is 168 Å². The fraction of sp³-hybridized carbons (Fsp3) is 0.318. The van der Waals surface area contributed by atoms with Gasteiger partial charge in [0.15, 0.2) is 0 Å². The van der Waals surface area contributed by atoms with Crippen LogP contribution >= 0.6 is 0 Å². The number of rotatable bonds is 5. The van der Waals surface area contributed by atoms with Crippen molar-refractivity contribution in [3.8, 4) is 16.9 Å². The normalized spacial score (nSPS) is 20.0. The van der Waals surface area contributed by atoms with Crippen molar-refractivity contribution in [3.05, 3.63) is 53.6 Å². The fourth-order valence-electron chi connectivity index (χ4n) is 4.28. The van der Waals surface area contributed by atoms with Gasteiger partial charge >= 0.3 is 5.97 Å². The second-order valence-corrected chi connectivity index (χ2v) is 7.33. The number of benzene rings is 2. The van der Waals surface area contributed by atoms with Crippen LogP contribution in [-0.2, 0) is 20.8 Å². The molecule has 0 spiro atoms. The van der Waals surface area contributed by atoms with E-state index in [9.17, 15) is 14.4 Å². The van der Waals surface area contributed by atoms with E-state index in [-0.39, 0.29) is 11.9 Å². The Balaban J connectivity index is 1.66. The van der Waals surface area contributed by atoms with Crippen LogP contribution in [0.25, 0.3) is 11.1 Å². The summed E-state index contributed by atoms with van der Waals surface area (Å²) in [5.41, 5.74) is 4.14. The number of carbonyl (C=O) groups excluding carboxylic acids is 2. The van der Waals surface area contributed by atoms with Crippen molar-refractivity contribution in [3.63, 3.8) is 0 Å². The van der Waals surface area contributed by atoms with E-state index < -0.39 is 24.5 Å². The summed E-state index contributed by atoms with van der Waals surface area (Å²) in [5.74, 6) is -0.814. The van der Waals surface area contributed by atoms with Crippen LogP contribution < -0.4 is 10.1 Å². The summed E-state index contributed by atoms with van der Waals surface area (Å²) in [6.07, 6.45) is 1.43. The Bertz CT molecular complexity index is 970. The maximum Gasteiger partial charge on any atom is 0.322 e. The molecule has 0 saturated carbocycles. The van der Waals surface area contributed by atoms with Gasteiger partial charge in [0.2, 0.25) is 11.8 Å². The molecule has 7 heteroatoms. The molecule has 0 radical (unpaired) electrons. The summed E-state index contributed by atoms with van der Waals surface area (Å²) >= 11 is 0.